The number of para-hydroxylation sites is 1. The molecule has 3 aromatic rings. The largest absolute Gasteiger partial charge is 0.397 e. The van der Waals surface area contributed by atoms with Crippen LogP contribution in [0, 0.1) is 0 Å². The summed E-state index contributed by atoms with van der Waals surface area (Å²) in [7, 11) is 0. The number of nitrogens with zero attached hydrogens (tertiary/aromatic N) is 2. The maximum Gasteiger partial charge on any atom is 0.0702 e. The Labute approximate surface area is 118 Å². The number of rotatable bonds is 2. The smallest absolute Gasteiger partial charge is 0.0702 e. The molecule has 0 aliphatic carbocycles. The minimum Gasteiger partial charge on any atom is -0.397 e. The topological polar surface area (TPSA) is 51.8 Å². The molecule has 0 radical (unpaired) electrons. The van der Waals surface area contributed by atoms with Crippen LogP contribution in [0.2, 0.25) is 0 Å². The van der Waals surface area contributed by atoms with E-state index >= 15 is 0 Å². The SMILES string of the molecule is CC(C)c1ncc(-c2cnc3ccccc3c2)cc1N. The third-order valence-corrected chi connectivity index (χ3v) is 3.42. The number of anilines is 1. The van der Waals surface area contributed by atoms with Gasteiger partial charge in [-0.2, -0.15) is 0 Å². The second-order valence-electron chi connectivity index (χ2n) is 5.27. The molecule has 3 rings (SSSR count). The molecule has 3 nitrogen and oxygen atoms in total. The Kier molecular flexibility index (Phi) is 3.11. The Morgan fingerprint density at radius 2 is 1.65 bits per heavy atom. The summed E-state index contributed by atoms with van der Waals surface area (Å²) in [5.41, 5.74) is 10.8. The van der Waals surface area contributed by atoms with Crippen molar-refractivity contribution in [1.82, 2.24) is 9.97 Å². The van der Waals surface area contributed by atoms with Gasteiger partial charge >= 0.3 is 0 Å². The van der Waals surface area contributed by atoms with E-state index in [9.17, 15) is 0 Å². The fourth-order valence-electron chi connectivity index (χ4n) is 2.36. The Balaban J connectivity index is 2.08. The average molecular weight is 263 g/mol. The number of hydrogen-bond donors (Lipinski definition) is 1. The molecule has 0 amide bonds. The maximum atomic E-state index is 6.09. The van der Waals surface area contributed by atoms with Crippen LogP contribution in [0.1, 0.15) is 25.5 Å². The molecule has 0 bridgehead atoms. The van der Waals surface area contributed by atoms with Gasteiger partial charge in [-0.25, -0.2) is 0 Å². The van der Waals surface area contributed by atoms with Crippen molar-refractivity contribution >= 4 is 16.6 Å². The molecule has 1 aromatic carbocycles. The van der Waals surface area contributed by atoms with E-state index in [1.165, 1.54) is 0 Å². The number of benzene rings is 1. The fourth-order valence-corrected chi connectivity index (χ4v) is 2.36. The summed E-state index contributed by atoms with van der Waals surface area (Å²) >= 11 is 0. The highest BCUT2D eigenvalue weighted by Gasteiger charge is 2.08. The van der Waals surface area contributed by atoms with E-state index in [2.05, 4.69) is 35.9 Å². The van der Waals surface area contributed by atoms with E-state index in [1.54, 1.807) is 0 Å². The van der Waals surface area contributed by atoms with Crippen LogP contribution in [0.4, 0.5) is 5.69 Å². The summed E-state index contributed by atoms with van der Waals surface area (Å²) in [5, 5.41) is 1.12. The van der Waals surface area contributed by atoms with Crippen molar-refractivity contribution in [2.24, 2.45) is 0 Å². The van der Waals surface area contributed by atoms with Crippen molar-refractivity contribution in [2.45, 2.75) is 19.8 Å². The molecule has 0 spiro atoms. The molecule has 2 heterocycles. The molecule has 0 fully saturated rings. The molecule has 0 aliphatic rings. The number of pyridine rings is 2. The zero-order valence-corrected chi connectivity index (χ0v) is 11.7. The molecule has 100 valence electrons. The molecule has 3 heteroatoms. The molecule has 2 aromatic heterocycles. The van der Waals surface area contributed by atoms with E-state index in [0.29, 0.717) is 5.92 Å². The van der Waals surface area contributed by atoms with E-state index in [0.717, 1.165) is 33.4 Å². The average Bonchev–Trinajstić information content (AvgIpc) is 2.46. The van der Waals surface area contributed by atoms with Gasteiger partial charge < -0.3 is 5.73 Å². The Hall–Kier alpha value is -2.42. The molecule has 20 heavy (non-hydrogen) atoms. The van der Waals surface area contributed by atoms with E-state index in [4.69, 9.17) is 5.73 Å². The van der Waals surface area contributed by atoms with Gasteiger partial charge in [-0.3, -0.25) is 9.97 Å². The van der Waals surface area contributed by atoms with E-state index in [1.807, 2.05) is 36.7 Å². The van der Waals surface area contributed by atoms with Crippen LogP contribution in [-0.4, -0.2) is 9.97 Å². The third kappa shape index (κ3) is 2.23. The fraction of sp³-hybridized carbons (Fsp3) is 0.176. The predicted octanol–water partition coefficient (Wildman–Crippen LogP) is 4.00. The standard InChI is InChI=1S/C17H17N3/c1-11(2)17-15(18)8-14(10-20-17)13-7-12-5-3-4-6-16(12)19-9-13/h3-11H,18H2,1-2H3. The molecule has 0 atom stereocenters. The summed E-state index contributed by atoms with van der Waals surface area (Å²) in [4.78, 5) is 8.96. The molecule has 0 unspecified atom stereocenters. The summed E-state index contributed by atoms with van der Waals surface area (Å²) in [6, 6.07) is 12.2. The lowest BCUT2D eigenvalue weighted by molar-refractivity contribution is 0.827. The molecular weight excluding hydrogens is 246 g/mol. The van der Waals surface area contributed by atoms with Gasteiger partial charge in [0, 0.05) is 28.9 Å². The summed E-state index contributed by atoms with van der Waals surface area (Å²) in [6.07, 6.45) is 3.74. The molecule has 2 N–H and O–H groups in total. The first-order valence-electron chi connectivity index (χ1n) is 6.76. The second-order valence-corrected chi connectivity index (χ2v) is 5.27. The molecule has 0 saturated carbocycles. The van der Waals surface area contributed by atoms with Crippen molar-refractivity contribution in [3.05, 3.63) is 54.5 Å². The van der Waals surface area contributed by atoms with Crippen LogP contribution in [0.15, 0.2) is 48.8 Å². The summed E-state index contributed by atoms with van der Waals surface area (Å²) < 4.78 is 0. The van der Waals surface area contributed by atoms with Crippen LogP contribution in [0.3, 0.4) is 0 Å². The van der Waals surface area contributed by atoms with Crippen molar-refractivity contribution < 1.29 is 0 Å². The van der Waals surface area contributed by atoms with Crippen LogP contribution < -0.4 is 5.73 Å². The number of aromatic nitrogens is 2. The van der Waals surface area contributed by atoms with Gasteiger partial charge in [0.2, 0.25) is 0 Å². The van der Waals surface area contributed by atoms with Gasteiger partial charge in [-0.05, 0) is 24.1 Å². The Morgan fingerprint density at radius 3 is 2.40 bits per heavy atom. The van der Waals surface area contributed by atoms with Crippen LogP contribution >= 0.6 is 0 Å². The Bertz CT molecular complexity index is 763. The normalized spacial score (nSPS) is 11.2. The van der Waals surface area contributed by atoms with Gasteiger partial charge in [0.25, 0.3) is 0 Å². The quantitative estimate of drug-likeness (QED) is 0.760. The zero-order valence-electron chi connectivity index (χ0n) is 11.7. The van der Waals surface area contributed by atoms with Gasteiger partial charge in [-0.1, -0.05) is 32.0 Å². The first-order chi connectivity index (χ1) is 9.65. The van der Waals surface area contributed by atoms with Crippen molar-refractivity contribution in [2.75, 3.05) is 5.73 Å². The van der Waals surface area contributed by atoms with E-state index < -0.39 is 0 Å². The lowest BCUT2D eigenvalue weighted by Crippen LogP contribution is -2.00. The third-order valence-electron chi connectivity index (χ3n) is 3.42. The highest BCUT2D eigenvalue weighted by atomic mass is 14.7. The van der Waals surface area contributed by atoms with Crippen LogP contribution in [0.25, 0.3) is 22.0 Å². The molecule has 0 saturated heterocycles. The van der Waals surface area contributed by atoms with Crippen molar-refractivity contribution in [3.8, 4) is 11.1 Å². The van der Waals surface area contributed by atoms with Gasteiger partial charge in [0.1, 0.15) is 0 Å². The molecular formula is C17H17N3. The number of nitrogen functional groups attached to an aromatic ring is 1. The van der Waals surface area contributed by atoms with Gasteiger partial charge in [-0.15, -0.1) is 0 Å². The number of hydrogen-bond acceptors (Lipinski definition) is 3. The Morgan fingerprint density at radius 1 is 0.950 bits per heavy atom. The highest BCUT2D eigenvalue weighted by Crippen LogP contribution is 2.27. The summed E-state index contributed by atoms with van der Waals surface area (Å²) in [6.45, 7) is 4.19. The van der Waals surface area contributed by atoms with Gasteiger partial charge in [0.15, 0.2) is 0 Å². The van der Waals surface area contributed by atoms with Crippen LogP contribution in [0.5, 0.6) is 0 Å². The van der Waals surface area contributed by atoms with Crippen molar-refractivity contribution in [1.29, 1.82) is 0 Å². The first-order valence-corrected chi connectivity index (χ1v) is 6.76. The second kappa shape index (κ2) is 4.93. The highest BCUT2D eigenvalue weighted by molar-refractivity contribution is 5.83. The van der Waals surface area contributed by atoms with Gasteiger partial charge in [0.05, 0.1) is 16.9 Å². The van der Waals surface area contributed by atoms with Crippen molar-refractivity contribution in [3.63, 3.8) is 0 Å². The van der Waals surface area contributed by atoms with E-state index in [-0.39, 0.29) is 0 Å². The first kappa shape index (κ1) is 12.6. The number of nitrogens with two attached hydrogens (primary N) is 1. The molecule has 0 aliphatic heterocycles. The maximum absolute atomic E-state index is 6.09. The predicted molar refractivity (Wildman–Crippen MR) is 83.5 cm³/mol. The van der Waals surface area contributed by atoms with Crippen LogP contribution in [-0.2, 0) is 0 Å². The minimum atomic E-state index is 0.332. The lowest BCUT2D eigenvalue weighted by Gasteiger charge is -2.10. The monoisotopic (exact) mass is 263 g/mol. The number of fused-ring (bicyclic) bond motifs is 1. The summed E-state index contributed by atoms with van der Waals surface area (Å²) in [5.74, 6) is 0.332. The lowest BCUT2D eigenvalue weighted by atomic mass is 10.0. The minimum absolute atomic E-state index is 0.332. The zero-order chi connectivity index (χ0) is 14.1.